The van der Waals surface area contributed by atoms with Crippen LogP contribution < -0.4 is 21.7 Å². The standard InChI is InChI=1S/C32H58N7O2P/c1-24-30-28(33)19-29(39-15-13-38(14-16-39)17-18-42(40)41)37-32(24,30)36-21-26-9-7-25(8-10-26)20-34-22-31(11-12-31)23-35-27-5-3-2-4-6-27/h19,24-27,30,34-36,42H,2-18,20-23,33H2,1H3,(H,40,41). The third kappa shape index (κ3) is 7.46. The van der Waals surface area contributed by atoms with Crippen molar-refractivity contribution in [2.75, 3.05) is 65.1 Å². The number of aliphatic imine (C=N–C) groups is 1. The minimum absolute atomic E-state index is 0.231. The van der Waals surface area contributed by atoms with Crippen LogP contribution in [0.2, 0.25) is 0 Å². The van der Waals surface area contributed by atoms with Crippen molar-refractivity contribution in [1.82, 2.24) is 25.8 Å². The molecular weight excluding hydrogens is 545 g/mol. The highest BCUT2D eigenvalue weighted by molar-refractivity contribution is 7.38. The molecule has 10 heteroatoms. The molecule has 6 N–H and O–H groups in total. The van der Waals surface area contributed by atoms with Crippen molar-refractivity contribution in [3.63, 3.8) is 0 Å². The largest absolute Gasteiger partial charge is 0.402 e. The lowest BCUT2D eigenvalue weighted by Gasteiger charge is -2.37. The maximum absolute atomic E-state index is 11.1. The van der Waals surface area contributed by atoms with Crippen LogP contribution >= 0.6 is 8.03 Å². The van der Waals surface area contributed by atoms with Gasteiger partial charge in [-0.3, -0.25) is 14.8 Å². The summed E-state index contributed by atoms with van der Waals surface area (Å²) in [5.74, 6) is 3.31. The molecule has 4 unspecified atom stereocenters. The van der Waals surface area contributed by atoms with Gasteiger partial charge in [-0.25, -0.2) is 4.99 Å². The molecule has 0 aromatic rings. The maximum Gasteiger partial charge on any atom is 0.190 e. The van der Waals surface area contributed by atoms with Gasteiger partial charge in [0.2, 0.25) is 0 Å². The number of hydrogen-bond acceptors (Lipinski definition) is 8. The Balaban J connectivity index is 0.906. The lowest BCUT2D eigenvalue weighted by atomic mass is 9.82. The molecule has 4 atom stereocenters. The Morgan fingerprint density at radius 1 is 1.00 bits per heavy atom. The first-order chi connectivity index (χ1) is 20.4. The highest BCUT2D eigenvalue weighted by Gasteiger charge is 2.65. The second-order valence-corrected chi connectivity index (χ2v) is 16.1. The Kier molecular flexibility index (Phi) is 10.0. The summed E-state index contributed by atoms with van der Waals surface area (Å²) in [6, 6.07) is 0.779. The third-order valence-corrected chi connectivity index (χ3v) is 12.4. The summed E-state index contributed by atoms with van der Waals surface area (Å²) >= 11 is 0. The molecule has 4 saturated carbocycles. The molecule has 0 bridgehead atoms. The van der Waals surface area contributed by atoms with E-state index in [-0.39, 0.29) is 5.66 Å². The van der Waals surface area contributed by atoms with Crippen LogP contribution in [0, 0.1) is 29.1 Å². The van der Waals surface area contributed by atoms with E-state index in [1.807, 2.05) is 0 Å². The predicted octanol–water partition coefficient (Wildman–Crippen LogP) is 2.98. The van der Waals surface area contributed by atoms with Crippen LogP contribution in [0.25, 0.3) is 0 Å². The lowest BCUT2D eigenvalue weighted by Crippen LogP contribution is -2.50. The highest BCUT2D eigenvalue weighted by atomic mass is 31.1. The van der Waals surface area contributed by atoms with Crippen molar-refractivity contribution in [2.24, 2.45) is 39.8 Å². The molecule has 1 saturated heterocycles. The molecular formula is C32H58N7O2P. The Hall–Kier alpha value is -0.960. The second kappa shape index (κ2) is 13.6. The normalized spacial score (nSPS) is 35.7. The molecule has 6 aliphatic rings. The monoisotopic (exact) mass is 603 g/mol. The van der Waals surface area contributed by atoms with Gasteiger partial charge in [-0.05, 0) is 81.2 Å². The van der Waals surface area contributed by atoms with Crippen molar-refractivity contribution < 1.29 is 9.46 Å². The summed E-state index contributed by atoms with van der Waals surface area (Å²) in [7, 11) is -2.39. The van der Waals surface area contributed by atoms with E-state index in [9.17, 15) is 9.46 Å². The number of amidine groups is 1. The summed E-state index contributed by atoms with van der Waals surface area (Å²) in [6.07, 6.45) is 17.6. The van der Waals surface area contributed by atoms with Crippen molar-refractivity contribution in [2.45, 2.75) is 89.3 Å². The molecule has 0 aromatic carbocycles. The van der Waals surface area contributed by atoms with Crippen LogP contribution in [0.5, 0.6) is 0 Å². The van der Waals surface area contributed by atoms with E-state index >= 15 is 0 Å². The van der Waals surface area contributed by atoms with Gasteiger partial charge in [-0.2, -0.15) is 0 Å². The topological polar surface area (TPSA) is 118 Å². The van der Waals surface area contributed by atoms with Gasteiger partial charge in [0, 0.05) is 82.1 Å². The minimum Gasteiger partial charge on any atom is -0.402 e. The number of dihydropyridines is 1. The number of fused-ring (bicyclic) bond motifs is 1. The summed E-state index contributed by atoms with van der Waals surface area (Å²) in [6.45, 7) is 11.2. The van der Waals surface area contributed by atoms with Crippen molar-refractivity contribution >= 4 is 13.9 Å². The van der Waals surface area contributed by atoms with Crippen molar-refractivity contribution in [1.29, 1.82) is 0 Å². The zero-order valence-corrected chi connectivity index (χ0v) is 27.1. The van der Waals surface area contributed by atoms with Gasteiger partial charge < -0.3 is 26.2 Å². The van der Waals surface area contributed by atoms with E-state index < -0.39 is 8.03 Å². The number of nitrogens with one attached hydrogen (secondary N) is 3. The molecule has 0 radical (unpaired) electrons. The van der Waals surface area contributed by atoms with Crippen LogP contribution in [-0.4, -0.2) is 97.3 Å². The molecule has 2 aliphatic heterocycles. The summed E-state index contributed by atoms with van der Waals surface area (Å²) in [4.78, 5) is 19.1. The van der Waals surface area contributed by atoms with E-state index in [2.05, 4.69) is 38.7 Å². The number of rotatable bonds is 13. The average Bonchev–Trinajstić information content (AvgIpc) is 3.91. The molecule has 5 fully saturated rings. The first kappa shape index (κ1) is 31.0. The molecule has 42 heavy (non-hydrogen) atoms. The highest BCUT2D eigenvalue weighted by Crippen LogP contribution is 2.56. The smallest absolute Gasteiger partial charge is 0.190 e. The number of nitrogens with zero attached hydrogens (tertiary/aromatic N) is 3. The van der Waals surface area contributed by atoms with E-state index in [0.29, 0.717) is 30.0 Å². The Morgan fingerprint density at radius 3 is 2.36 bits per heavy atom. The fourth-order valence-corrected chi connectivity index (χ4v) is 8.90. The van der Waals surface area contributed by atoms with Crippen LogP contribution in [0.15, 0.2) is 16.8 Å². The molecule has 9 nitrogen and oxygen atoms in total. The van der Waals surface area contributed by atoms with E-state index in [1.165, 1.54) is 90.3 Å². The van der Waals surface area contributed by atoms with Gasteiger partial charge in [0.1, 0.15) is 11.5 Å². The zero-order chi connectivity index (χ0) is 29.2. The van der Waals surface area contributed by atoms with Gasteiger partial charge in [0.05, 0.1) is 0 Å². The van der Waals surface area contributed by atoms with Gasteiger partial charge in [-0.1, -0.05) is 26.2 Å². The fourth-order valence-electron chi connectivity index (χ4n) is 8.39. The van der Waals surface area contributed by atoms with Crippen LogP contribution in [-0.2, 0) is 4.57 Å². The SMILES string of the molecule is CC1C2C(N)=CC(N3CCN(CC[PH](=O)O)CC3)=NC12NCC1CCC(CNCC2(CNC3CCCCC3)CC2)CC1. The van der Waals surface area contributed by atoms with Crippen molar-refractivity contribution in [3.8, 4) is 0 Å². The minimum atomic E-state index is -2.39. The third-order valence-electron chi connectivity index (χ3n) is 11.8. The first-order valence-corrected chi connectivity index (χ1v) is 18.9. The molecule has 238 valence electrons. The van der Waals surface area contributed by atoms with Gasteiger partial charge >= 0.3 is 0 Å². The first-order valence-electron chi connectivity index (χ1n) is 17.3. The van der Waals surface area contributed by atoms with E-state index in [4.69, 9.17) is 10.7 Å². The predicted molar refractivity (Wildman–Crippen MR) is 172 cm³/mol. The second-order valence-electron chi connectivity index (χ2n) is 14.8. The van der Waals surface area contributed by atoms with Crippen LogP contribution in [0.4, 0.5) is 0 Å². The van der Waals surface area contributed by atoms with Gasteiger partial charge in [0.25, 0.3) is 0 Å². The molecule has 2 heterocycles. The zero-order valence-electron chi connectivity index (χ0n) is 26.1. The van der Waals surface area contributed by atoms with Gasteiger partial charge in [0.15, 0.2) is 8.03 Å². The molecule has 0 amide bonds. The maximum atomic E-state index is 11.1. The number of hydrogen-bond donors (Lipinski definition) is 5. The Bertz CT molecular complexity index is 997. The number of nitrogens with two attached hydrogens (primary N) is 1. The Morgan fingerprint density at radius 2 is 1.69 bits per heavy atom. The van der Waals surface area contributed by atoms with Crippen molar-refractivity contribution in [3.05, 3.63) is 11.8 Å². The van der Waals surface area contributed by atoms with E-state index in [0.717, 1.165) is 62.1 Å². The lowest BCUT2D eigenvalue weighted by molar-refractivity contribution is 0.189. The van der Waals surface area contributed by atoms with E-state index in [1.54, 1.807) is 0 Å². The molecule has 6 rings (SSSR count). The average molecular weight is 604 g/mol. The molecule has 4 aliphatic carbocycles. The number of piperazine rings is 1. The fraction of sp³-hybridized carbons (Fsp3) is 0.906. The Labute approximate surface area is 254 Å². The van der Waals surface area contributed by atoms with Crippen LogP contribution in [0.1, 0.15) is 77.6 Å². The summed E-state index contributed by atoms with van der Waals surface area (Å²) < 4.78 is 11.1. The van der Waals surface area contributed by atoms with Gasteiger partial charge in [-0.15, -0.1) is 0 Å². The summed E-state index contributed by atoms with van der Waals surface area (Å²) in [5.41, 5.74) is 7.88. The van der Waals surface area contributed by atoms with Crippen LogP contribution in [0.3, 0.4) is 0 Å². The molecule has 0 aromatic heterocycles. The summed E-state index contributed by atoms with van der Waals surface area (Å²) in [5, 5.41) is 11.7. The molecule has 0 spiro atoms. The quantitative estimate of drug-likeness (QED) is 0.204.